The van der Waals surface area contributed by atoms with Gasteiger partial charge in [-0.25, -0.2) is 9.97 Å². The number of hydrogen-bond donors (Lipinski definition) is 0. The Morgan fingerprint density at radius 1 is 1.21 bits per heavy atom. The van der Waals surface area contributed by atoms with Crippen LogP contribution in [0.5, 0.6) is 5.75 Å². The highest BCUT2D eigenvalue weighted by Gasteiger charge is 2.27. The minimum Gasteiger partial charge on any atom is -0.491 e. The maximum atomic E-state index is 5.88. The van der Waals surface area contributed by atoms with Gasteiger partial charge in [0.2, 0.25) is 0 Å². The fraction of sp³-hybridized carbons (Fsp3) is 0.565. The number of likely N-dealkylation sites (N-methyl/N-ethyl adjacent to an activating group) is 1. The van der Waals surface area contributed by atoms with E-state index in [-0.39, 0.29) is 6.10 Å². The van der Waals surface area contributed by atoms with Gasteiger partial charge in [-0.15, -0.1) is 0 Å². The first-order valence-corrected chi connectivity index (χ1v) is 10.6. The maximum absolute atomic E-state index is 5.88. The molecule has 0 aliphatic carbocycles. The van der Waals surface area contributed by atoms with Crippen LogP contribution in [0.1, 0.15) is 61.8 Å². The SMILES string of the molecule is CC(C)Oc1cccc(CN2CCCC[C@H]2c2ncc3c(n2)CCN(C)C3)c1. The van der Waals surface area contributed by atoms with Crippen LogP contribution in [0.4, 0.5) is 0 Å². The van der Waals surface area contributed by atoms with Crippen LogP contribution in [0, 0.1) is 0 Å². The molecular formula is C23H32N4O. The smallest absolute Gasteiger partial charge is 0.145 e. The van der Waals surface area contributed by atoms with Crippen molar-refractivity contribution in [2.45, 2.75) is 64.8 Å². The minimum absolute atomic E-state index is 0.195. The fourth-order valence-corrected chi connectivity index (χ4v) is 4.33. The molecule has 0 unspecified atom stereocenters. The molecule has 1 aromatic heterocycles. The zero-order valence-electron chi connectivity index (χ0n) is 17.4. The number of benzene rings is 1. The Morgan fingerprint density at radius 3 is 2.96 bits per heavy atom. The molecule has 5 nitrogen and oxygen atoms in total. The standard InChI is InChI=1S/C23H32N4O/c1-17(2)28-20-8-6-7-18(13-20)15-27-11-5-4-9-22(27)23-24-14-19-16-26(3)12-10-21(19)25-23/h6-8,13-14,17,22H,4-5,9-12,15-16H2,1-3H3/t22-/m0/s1. The predicted molar refractivity (Wildman–Crippen MR) is 111 cm³/mol. The summed E-state index contributed by atoms with van der Waals surface area (Å²) in [6.07, 6.45) is 6.93. The summed E-state index contributed by atoms with van der Waals surface area (Å²) in [5.41, 5.74) is 3.84. The van der Waals surface area contributed by atoms with Crippen LogP contribution in [0.25, 0.3) is 0 Å². The number of aromatic nitrogens is 2. The molecule has 0 bridgehead atoms. The van der Waals surface area contributed by atoms with Gasteiger partial charge in [0.15, 0.2) is 0 Å². The number of piperidine rings is 1. The average molecular weight is 381 g/mol. The summed E-state index contributed by atoms with van der Waals surface area (Å²) in [5.74, 6) is 1.97. The Kier molecular flexibility index (Phi) is 5.93. The van der Waals surface area contributed by atoms with E-state index >= 15 is 0 Å². The molecule has 1 aromatic carbocycles. The van der Waals surface area contributed by atoms with Crippen molar-refractivity contribution < 1.29 is 4.74 Å². The van der Waals surface area contributed by atoms with E-state index in [0.29, 0.717) is 6.04 Å². The highest BCUT2D eigenvalue weighted by molar-refractivity contribution is 5.29. The molecule has 0 radical (unpaired) electrons. The molecule has 1 fully saturated rings. The van der Waals surface area contributed by atoms with Gasteiger partial charge >= 0.3 is 0 Å². The minimum atomic E-state index is 0.195. The molecule has 2 aromatic rings. The highest BCUT2D eigenvalue weighted by Crippen LogP contribution is 2.31. The van der Waals surface area contributed by atoms with Gasteiger partial charge in [0.1, 0.15) is 11.6 Å². The molecule has 4 rings (SSSR count). The lowest BCUT2D eigenvalue weighted by Crippen LogP contribution is -2.35. The molecule has 2 aliphatic rings. The highest BCUT2D eigenvalue weighted by atomic mass is 16.5. The topological polar surface area (TPSA) is 41.5 Å². The van der Waals surface area contributed by atoms with Crippen LogP contribution >= 0.6 is 0 Å². The molecule has 150 valence electrons. The molecule has 0 N–H and O–H groups in total. The van der Waals surface area contributed by atoms with Crippen molar-refractivity contribution in [1.29, 1.82) is 0 Å². The van der Waals surface area contributed by atoms with Crippen LogP contribution in [-0.2, 0) is 19.5 Å². The van der Waals surface area contributed by atoms with E-state index in [9.17, 15) is 0 Å². The van der Waals surface area contributed by atoms with E-state index in [1.165, 1.54) is 29.7 Å². The van der Waals surface area contributed by atoms with Crippen LogP contribution < -0.4 is 4.74 Å². The molecule has 1 saturated heterocycles. The zero-order valence-corrected chi connectivity index (χ0v) is 17.4. The summed E-state index contributed by atoms with van der Waals surface area (Å²) in [4.78, 5) is 14.7. The van der Waals surface area contributed by atoms with Crippen molar-refractivity contribution in [2.24, 2.45) is 0 Å². The summed E-state index contributed by atoms with van der Waals surface area (Å²) in [5, 5.41) is 0. The van der Waals surface area contributed by atoms with Crippen molar-refractivity contribution in [2.75, 3.05) is 20.1 Å². The molecule has 3 heterocycles. The van der Waals surface area contributed by atoms with Gasteiger partial charge in [-0.05, 0) is 58.0 Å². The molecule has 0 amide bonds. The zero-order chi connectivity index (χ0) is 19.5. The van der Waals surface area contributed by atoms with Crippen molar-refractivity contribution in [3.8, 4) is 5.75 Å². The van der Waals surface area contributed by atoms with Crippen molar-refractivity contribution in [3.05, 3.63) is 53.1 Å². The van der Waals surface area contributed by atoms with Crippen LogP contribution in [-0.4, -0.2) is 46.0 Å². The predicted octanol–water partition coefficient (Wildman–Crippen LogP) is 3.98. The van der Waals surface area contributed by atoms with Crippen LogP contribution in [0.3, 0.4) is 0 Å². The summed E-state index contributed by atoms with van der Waals surface area (Å²) in [7, 11) is 2.16. The van der Waals surface area contributed by atoms with E-state index in [4.69, 9.17) is 14.7 Å². The van der Waals surface area contributed by atoms with Gasteiger partial charge in [-0.3, -0.25) is 4.90 Å². The summed E-state index contributed by atoms with van der Waals surface area (Å²) in [6.45, 7) is 8.20. The first-order chi connectivity index (χ1) is 13.6. The summed E-state index contributed by atoms with van der Waals surface area (Å²) in [6, 6.07) is 8.82. The Morgan fingerprint density at radius 2 is 2.11 bits per heavy atom. The third-order valence-corrected chi connectivity index (χ3v) is 5.71. The second kappa shape index (κ2) is 8.58. The van der Waals surface area contributed by atoms with E-state index in [0.717, 1.165) is 50.6 Å². The Balaban J connectivity index is 1.52. The first-order valence-electron chi connectivity index (χ1n) is 10.6. The van der Waals surface area contributed by atoms with E-state index in [2.05, 4.69) is 55.1 Å². The van der Waals surface area contributed by atoms with Crippen LogP contribution in [0.15, 0.2) is 30.5 Å². The van der Waals surface area contributed by atoms with Gasteiger partial charge in [-0.1, -0.05) is 18.6 Å². The third-order valence-electron chi connectivity index (χ3n) is 5.71. The van der Waals surface area contributed by atoms with Gasteiger partial charge in [0.25, 0.3) is 0 Å². The van der Waals surface area contributed by atoms with Crippen molar-refractivity contribution in [3.63, 3.8) is 0 Å². The van der Waals surface area contributed by atoms with Crippen LogP contribution in [0.2, 0.25) is 0 Å². The quantitative estimate of drug-likeness (QED) is 0.785. The second-order valence-corrected chi connectivity index (χ2v) is 8.48. The van der Waals surface area contributed by atoms with Gasteiger partial charge in [-0.2, -0.15) is 0 Å². The number of ether oxygens (including phenoxy) is 1. The molecule has 1 atom stereocenters. The van der Waals surface area contributed by atoms with E-state index < -0.39 is 0 Å². The molecule has 0 saturated carbocycles. The lowest BCUT2D eigenvalue weighted by Gasteiger charge is -2.35. The monoisotopic (exact) mass is 380 g/mol. The first kappa shape index (κ1) is 19.3. The lowest BCUT2D eigenvalue weighted by molar-refractivity contribution is 0.133. The molecule has 0 spiro atoms. The normalized spacial score (nSPS) is 20.9. The Labute approximate surface area is 168 Å². The molecule has 28 heavy (non-hydrogen) atoms. The summed E-state index contributed by atoms with van der Waals surface area (Å²) < 4.78 is 5.88. The van der Waals surface area contributed by atoms with Crippen molar-refractivity contribution >= 4 is 0 Å². The van der Waals surface area contributed by atoms with Gasteiger partial charge in [0.05, 0.1) is 12.1 Å². The second-order valence-electron chi connectivity index (χ2n) is 8.48. The van der Waals surface area contributed by atoms with Crippen molar-refractivity contribution in [1.82, 2.24) is 19.8 Å². The molecule has 2 aliphatic heterocycles. The van der Waals surface area contributed by atoms with Gasteiger partial charge < -0.3 is 9.64 Å². The number of likely N-dealkylation sites (tertiary alicyclic amines) is 1. The molecular weight excluding hydrogens is 348 g/mol. The largest absolute Gasteiger partial charge is 0.491 e. The number of hydrogen-bond acceptors (Lipinski definition) is 5. The fourth-order valence-electron chi connectivity index (χ4n) is 4.33. The Hall–Kier alpha value is -1.98. The maximum Gasteiger partial charge on any atom is 0.145 e. The van der Waals surface area contributed by atoms with E-state index in [1.54, 1.807) is 0 Å². The average Bonchev–Trinajstić information content (AvgIpc) is 2.68. The lowest BCUT2D eigenvalue weighted by atomic mass is 9.99. The Bertz CT molecular complexity index is 807. The van der Waals surface area contributed by atoms with Gasteiger partial charge in [0, 0.05) is 43.5 Å². The summed E-state index contributed by atoms with van der Waals surface area (Å²) >= 11 is 0. The number of nitrogens with zero attached hydrogens (tertiary/aromatic N) is 4. The number of rotatable bonds is 5. The van der Waals surface area contributed by atoms with E-state index in [1.807, 2.05) is 6.07 Å². The third kappa shape index (κ3) is 4.53. The number of fused-ring (bicyclic) bond motifs is 1. The molecule has 5 heteroatoms.